The van der Waals surface area contributed by atoms with E-state index in [1.54, 1.807) is 4.57 Å². The molecule has 16 heavy (non-hydrogen) atoms. The van der Waals surface area contributed by atoms with Gasteiger partial charge in [0.2, 0.25) is 5.91 Å². The lowest BCUT2D eigenvalue weighted by Crippen LogP contribution is -2.30. The van der Waals surface area contributed by atoms with Gasteiger partial charge in [0.15, 0.2) is 0 Å². The predicted molar refractivity (Wildman–Crippen MR) is 58.4 cm³/mol. The number of rotatable bonds is 3. The number of amides is 1. The third-order valence-corrected chi connectivity index (χ3v) is 2.75. The summed E-state index contributed by atoms with van der Waals surface area (Å²) in [6.07, 6.45) is 2.47. The summed E-state index contributed by atoms with van der Waals surface area (Å²) in [5.41, 5.74) is 1.72. The maximum absolute atomic E-state index is 11.0. The summed E-state index contributed by atoms with van der Waals surface area (Å²) in [7, 11) is 1.85. The first-order chi connectivity index (χ1) is 7.69. The van der Waals surface area contributed by atoms with Crippen molar-refractivity contribution in [1.82, 2.24) is 15.2 Å². The first-order valence-electron chi connectivity index (χ1n) is 5.24. The molecule has 0 saturated carbocycles. The Kier molecular flexibility index (Phi) is 2.93. The van der Waals surface area contributed by atoms with Crippen LogP contribution in [0.2, 0.25) is 0 Å². The number of aromatic nitrogens is 1. The van der Waals surface area contributed by atoms with Crippen molar-refractivity contribution in [3.63, 3.8) is 0 Å². The Morgan fingerprint density at radius 3 is 3.12 bits per heavy atom. The standard InChI is InChI=1S/C11H14N4O/c1-15-7-8(2-10(15)4-12)5-13-9-3-11(16)14-6-9/h2,7,9,13H,3,5-6H2,1H3,(H,14,16). The van der Waals surface area contributed by atoms with Crippen LogP contribution in [0.1, 0.15) is 17.7 Å². The summed E-state index contributed by atoms with van der Waals surface area (Å²) < 4.78 is 1.80. The zero-order valence-electron chi connectivity index (χ0n) is 9.16. The van der Waals surface area contributed by atoms with E-state index in [0.717, 1.165) is 5.56 Å². The number of carbonyl (C=O) groups excluding carboxylic acids is 1. The first-order valence-corrected chi connectivity index (χ1v) is 5.24. The monoisotopic (exact) mass is 218 g/mol. The summed E-state index contributed by atoms with van der Waals surface area (Å²) in [4.78, 5) is 11.0. The maximum Gasteiger partial charge on any atom is 0.221 e. The molecule has 0 spiro atoms. The lowest BCUT2D eigenvalue weighted by molar-refractivity contribution is -0.119. The molecule has 0 aromatic carbocycles. The van der Waals surface area contributed by atoms with Gasteiger partial charge < -0.3 is 15.2 Å². The van der Waals surface area contributed by atoms with Gasteiger partial charge in [-0.3, -0.25) is 4.79 Å². The molecule has 5 heteroatoms. The summed E-state index contributed by atoms with van der Waals surface area (Å²) in [5, 5.41) is 14.9. The van der Waals surface area contributed by atoms with E-state index in [1.807, 2.05) is 19.3 Å². The van der Waals surface area contributed by atoms with Crippen molar-refractivity contribution < 1.29 is 4.79 Å². The Morgan fingerprint density at radius 2 is 2.56 bits per heavy atom. The van der Waals surface area contributed by atoms with E-state index < -0.39 is 0 Å². The molecule has 0 radical (unpaired) electrons. The van der Waals surface area contributed by atoms with Crippen molar-refractivity contribution in [2.45, 2.75) is 19.0 Å². The van der Waals surface area contributed by atoms with Crippen LogP contribution in [-0.4, -0.2) is 23.1 Å². The molecule has 1 amide bonds. The lowest BCUT2D eigenvalue weighted by Gasteiger charge is -2.08. The van der Waals surface area contributed by atoms with Gasteiger partial charge in [-0.2, -0.15) is 5.26 Å². The molecular weight excluding hydrogens is 204 g/mol. The molecule has 1 aliphatic rings. The zero-order chi connectivity index (χ0) is 11.5. The number of hydrogen-bond donors (Lipinski definition) is 2. The Balaban J connectivity index is 1.90. The molecule has 2 heterocycles. The van der Waals surface area contributed by atoms with Crippen LogP contribution in [0.5, 0.6) is 0 Å². The molecule has 0 aliphatic carbocycles. The van der Waals surface area contributed by atoms with Crippen LogP contribution in [-0.2, 0) is 18.4 Å². The van der Waals surface area contributed by atoms with Crippen LogP contribution < -0.4 is 10.6 Å². The van der Waals surface area contributed by atoms with Crippen LogP contribution in [0.15, 0.2) is 12.3 Å². The van der Waals surface area contributed by atoms with Gasteiger partial charge in [0.05, 0.1) is 0 Å². The molecule has 1 aromatic heterocycles. The molecule has 2 N–H and O–H groups in total. The quantitative estimate of drug-likeness (QED) is 0.742. The summed E-state index contributed by atoms with van der Waals surface area (Å²) >= 11 is 0. The minimum Gasteiger partial charge on any atom is -0.354 e. The normalized spacial score (nSPS) is 19.5. The number of aryl methyl sites for hydroxylation is 1. The van der Waals surface area contributed by atoms with Gasteiger partial charge in [0.25, 0.3) is 0 Å². The van der Waals surface area contributed by atoms with E-state index in [-0.39, 0.29) is 11.9 Å². The maximum atomic E-state index is 11.0. The van der Waals surface area contributed by atoms with Gasteiger partial charge in [-0.1, -0.05) is 0 Å². The van der Waals surface area contributed by atoms with Crippen LogP contribution >= 0.6 is 0 Å². The minimum atomic E-state index is 0.100. The molecule has 1 fully saturated rings. The van der Waals surface area contributed by atoms with Gasteiger partial charge in [0, 0.05) is 38.8 Å². The molecule has 1 saturated heterocycles. The second-order valence-corrected chi connectivity index (χ2v) is 4.04. The Labute approximate surface area is 94.1 Å². The van der Waals surface area contributed by atoms with E-state index in [4.69, 9.17) is 5.26 Å². The molecule has 1 unspecified atom stereocenters. The Bertz CT molecular complexity index is 443. The highest BCUT2D eigenvalue weighted by Crippen LogP contribution is 2.07. The lowest BCUT2D eigenvalue weighted by atomic mass is 10.2. The van der Waals surface area contributed by atoms with Crippen LogP contribution in [0.3, 0.4) is 0 Å². The second-order valence-electron chi connectivity index (χ2n) is 4.04. The predicted octanol–water partition coefficient (Wildman–Crippen LogP) is -0.125. The zero-order valence-corrected chi connectivity index (χ0v) is 9.16. The fourth-order valence-corrected chi connectivity index (χ4v) is 1.85. The highest BCUT2D eigenvalue weighted by molar-refractivity contribution is 5.78. The largest absolute Gasteiger partial charge is 0.354 e. The third-order valence-electron chi connectivity index (χ3n) is 2.75. The second kappa shape index (κ2) is 4.37. The Morgan fingerprint density at radius 1 is 1.75 bits per heavy atom. The molecule has 1 atom stereocenters. The van der Waals surface area contributed by atoms with Crippen molar-refractivity contribution in [2.24, 2.45) is 7.05 Å². The van der Waals surface area contributed by atoms with Crippen molar-refractivity contribution in [1.29, 1.82) is 5.26 Å². The smallest absolute Gasteiger partial charge is 0.221 e. The number of nitrogens with zero attached hydrogens (tertiary/aromatic N) is 2. The van der Waals surface area contributed by atoms with Crippen molar-refractivity contribution in [3.05, 3.63) is 23.5 Å². The molecule has 5 nitrogen and oxygen atoms in total. The number of hydrogen-bond acceptors (Lipinski definition) is 3. The SMILES string of the molecule is Cn1cc(CNC2CNC(=O)C2)cc1C#N. The van der Waals surface area contributed by atoms with Gasteiger partial charge in [-0.25, -0.2) is 0 Å². The highest BCUT2D eigenvalue weighted by Gasteiger charge is 2.20. The van der Waals surface area contributed by atoms with Crippen LogP contribution in [0.4, 0.5) is 0 Å². The fourth-order valence-electron chi connectivity index (χ4n) is 1.85. The Hall–Kier alpha value is -1.80. The van der Waals surface area contributed by atoms with Gasteiger partial charge in [-0.15, -0.1) is 0 Å². The molecule has 1 aliphatic heterocycles. The highest BCUT2D eigenvalue weighted by atomic mass is 16.1. The topological polar surface area (TPSA) is 69.8 Å². The molecule has 0 bridgehead atoms. The van der Waals surface area contributed by atoms with Gasteiger partial charge >= 0.3 is 0 Å². The molecule has 1 aromatic rings. The number of carbonyl (C=O) groups is 1. The average molecular weight is 218 g/mol. The fraction of sp³-hybridized carbons (Fsp3) is 0.455. The number of nitriles is 1. The van der Waals surface area contributed by atoms with E-state index in [1.165, 1.54) is 0 Å². The van der Waals surface area contributed by atoms with E-state index in [9.17, 15) is 4.79 Å². The van der Waals surface area contributed by atoms with Crippen LogP contribution in [0, 0.1) is 11.3 Å². The number of nitrogens with one attached hydrogen (secondary N) is 2. The summed E-state index contributed by atoms with van der Waals surface area (Å²) in [6, 6.07) is 4.18. The van der Waals surface area contributed by atoms with Crippen molar-refractivity contribution in [3.8, 4) is 6.07 Å². The van der Waals surface area contributed by atoms with E-state index in [0.29, 0.717) is 25.2 Å². The van der Waals surface area contributed by atoms with Gasteiger partial charge in [0.1, 0.15) is 11.8 Å². The summed E-state index contributed by atoms with van der Waals surface area (Å²) in [5.74, 6) is 0.100. The summed E-state index contributed by atoms with van der Waals surface area (Å²) in [6.45, 7) is 1.38. The van der Waals surface area contributed by atoms with E-state index in [2.05, 4.69) is 16.7 Å². The molecular formula is C11H14N4O. The van der Waals surface area contributed by atoms with Crippen LogP contribution in [0.25, 0.3) is 0 Å². The molecule has 84 valence electrons. The molecule has 2 rings (SSSR count). The minimum absolute atomic E-state index is 0.100. The van der Waals surface area contributed by atoms with Crippen molar-refractivity contribution >= 4 is 5.91 Å². The van der Waals surface area contributed by atoms with Crippen molar-refractivity contribution in [2.75, 3.05) is 6.54 Å². The van der Waals surface area contributed by atoms with E-state index >= 15 is 0 Å². The third kappa shape index (κ3) is 2.23. The average Bonchev–Trinajstić information content (AvgIpc) is 2.82. The van der Waals surface area contributed by atoms with Gasteiger partial charge in [-0.05, 0) is 11.6 Å². The first kappa shape index (κ1) is 10.7.